The summed E-state index contributed by atoms with van der Waals surface area (Å²) in [5, 5.41) is 17.3. The third-order valence-electron chi connectivity index (χ3n) is 10.3. The highest BCUT2D eigenvalue weighted by molar-refractivity contribution is 4.59. The molecule has 0 rings (SSSR count). The van der Waals surface area contributed by atoms with Crippen molar-refractivity contribution < 1.29 is 67.1 Å². The summed E-state index contributed by atoms with van der Waals surface area (Å²) in [5.41, 5.74) is 0. The minimum absolute atomic E-state index is 0.0274. The topological polar surface area (TPSA) is 154 Å². The molecule has 64 heavy (non-hydrogen) atoms. The minimum atomic E-state index is 0.0274. The van der Waals surface area contributed by atoms with Crippen molar-refractivity contribution in [2.45, 2.75) is 129 Å². The second-order valence-electron chi connectivity index (χ2n) is 16.0. The van der Waals surface area contributed by atoms with Gasteiger partial charge in [0.1, 0.15) is 0 Å². The monoisotopic (exact) mass is 928 g/mol. The molecule has 2 N–H and O–H groups in total. The maximum absolute atomic E-state index is 8.67. The summed E-state index contributed by atoms with van der Waals surface area (Å²) < 4.78 is 66.3. The predicted molar refractivity (Wildman–Crippen MR) is 254 cm³/mol. The number of hydrogen-bond donors (Lipinski definition) is 2. The average molecular weight is 928 g/mol. The van der Waals surface area contributed by atoms with E-state index in [2.05, 4.69) is 11.8 Å². The van der Waals surface area contributed by atoms with Crippen molar-refractivity contribution in [2.24, 2.45) is 0 Å². The summed E-state index contributed by atoms with van der Waals surface area (Å²) in [7, 11) is 0. The zero-order valence-electron chi connectivity index (χ0n) is 41.2. The fraction of sp³-hybridized carbons (Fsp3) is 1.00. The van der Waals surface area contributed by atoms with E-state index in [1.54, 1.807) is 0 Å². The summed E-state index contributed by atoms with van der Waals surface area (Å²) >= 11 is 0. The Bertz CT molecular complexity index is 809. The molecule has 15 heteroatoms. The molecule has 0 spiro atoms. The second kappa shape index (κ2) is 60.4. The molecule has 0 fully saturated rings. The third kappa shape index (κ3) is 57.5. The van der Waals surface area contributed by atoms with E-state index in [0.29, 0.717) is 159 Å². The molecule has 0 bridgehead atoms. The highest BCUT2D eigenvalue weighted by Gasteiger charge is 2.06. The van der Waals surface area contributed by atoms with Gasteiger partial charge in [-0.2, -0.15) is 0 Å². The normalized spacial score (nSPS) is 11.8. The molecule has 0 atom stereocenters. The molecule has 0 amide bonds. The van der Waals surface area contributed by atoms with E-state index in [0.717, 1.165) is 26.1 Å². The van der Waals surface area contributed by atoms with E-state index in [1.807, 2.05) is 0 Å². The fourth-order valence-corrected chi connectivity index (χ4v) is 6.69. The molecule has 0 aliphatic rings. The molecule has 0 aliphatic heterocycles. The number of aliphatic hydroxyl groups excluding tert-OH is 2. The number of nitrogens with zero attached hydrogens (tertiary/aromatic N) is 1. The van der Waals surface area contributed by atoms with Crippen LogP contribution in [0.15, 0.2) is 0 Å². The van der Waals surface area contributed by atoms with E-state index in [9.17, 15) is 0 Å². The molecule has 0 aromatic carbocycles. The molecule has 386 valence electrons. The van der Waals surface area contributed by atoms with Crippen LogP contribution in [0.25, 0.3) is 0 Å². The van der Waals surface area contributed by atoms with Crippen LogP contribution in [0.3, 0.4) is 0 Å². The quantitative estimate of drug-likeness (QED) is 0.0608. The number of unbranched alkanes of at least 4 members (excludes halogenated alkanes) is 17. The van der Waals surface area contributed by atoms with Crippen LogP contribution in [0, 0.1) is 0 Å². The second-order valence-corrected chi connectivity index (χ2v) is 16.0. The van der Waals surface area contributed by atoms with Crippen LogP contribution >= 0.6 is 0 Å². The average Bonchev–Trinajstić information content (AvgIpc) is 3.30. The Morgan fingerprint density at radius 3 is 0.719 bits per heavy atom. The molecule has 0 aromatic heterocycles. The van der Waals surface area contributed by atoms with Gasteiger partial charge in [0.05, 0.1) is 165 Å². The predicted octanol–water partition coefficient (Wildman–Crippen LogP) is 6.90. The highest BCUT2D eigenvalue weighted by Crippen LogP contribution is 2.14. The summed E-state index contributed by atoms with van der Waals surface area (Å²) in [6.07, 6.45) is 26.0. The van der Waals surface area contributed by atoms with E-state index in [-0.39, 0.29) is 13.2 Å². The Morgan fingerprint density at radius 1 is 0.219 bits per heavy atom. The van der Waals surface area contributed by atoms with E-state index in [1.165, 1.54) is 116 Å². The molecule has 0 saturated carbocycles. The lowest BCUT2D eigenvalue weighted by Gasteiger charge is -2.22. The van der Waals surface area contributed by atoms with Gasteiger partial charge in [0.2, 0.25) is 0 Å². The Labute approximate surface area is 391 Å². The van der Waals surface area contributed by atoms with Crippen molar-refractivity contribution in [3.8, 4) is 0 Å². The van der Waals surface area contributed by atoms with Crippen molar-refractivity contribution in [3.63, 3.8) is 0 Å². The molecule has 15 nitrogen and oxygen atoms in total. The van der Waals surface area contributed by atoms with Crippen LogP contribution in [0.1, 0.15) is 129 Å². The van der Waals surface area contributed by atoms with Gasteiger partial charge in [-0.15, -0.1) is 0 Å². The number of rotatable bonds is 60. The van der Waals surface area contributed by atoms with Gasteiger partial charge in [-0.3, -0.25) is 0 Å². The van der Waals surface area contributed by atoms with Gasteiger partial charge >= 0.3 is 0 Å². The zero-order chi connectivity index (χ0) is 46.0. The van der Waals surface area contributed by atoms with Gasteiger partial charge < -0.3 is 72.0 Å². The van der Waals surface area contributed by atoms with Gasteiger partial charge in [-0.1, -0.05) is 116 Å². The SMILES string of the molecule is CCCCCCCCCCCCCCCCCCCCN(CCCOCCOCCOCCOCCOCCOCCO)CCOCCOCCOCCOCCOCCOCCO. The van der Waals surface area contributed by atoms with Crippen LogP contribution in [0.4, 0.5) is 0 Å². The Balaban J connectivity index is 3.96. The van der Waals surface area contributed by atoms with Crippen LogP contribution in [0.5, 0.6) is 0 Å². The lowest BCUT2D eigenvalue weighted by molar-refractivity contribution is -0.0194. The Kier molecular flexibility index (Phi) is 59.8. The number of aliphatic hydroxyl groups is 2. The maximum atomic E-state index is 8.67. The zero-order valence-corrected chi connectivity index (χ0v) is 41.2. The smallest absolute Gasteiger partial charge is 0.0701 e. The molecule has 0 aromatic rings. The molecule has 0 aliphatic carbocycles. The van der Waals surface area contributed by atoms with E-state index in [4.69, 9.17) is 67.1 Å². The van der Waals surface area contributed by atoms with Crippen molar-refractivity contribution in [1.82, 2.24) is 4.90 Å². The lowest BCUT2D eigenvalue weighted by atomic mass is 10.0. The van der Waals surface area contributed by atoms with Crippen molar-refractivity contribution in [3.05, 3.63) is 0 Å². The molecular weight excluding hydrogens is 827 g/mol. The number of hydrogen-bond acceptors (Lipinski definition) is 15. The first kappa shape index (κ1) is 63.4. The Morgan fingerprint density at radius 2 is 0.438 bits per heavy atom. The fourth-order valence-electron chi connectivity index (χ4n) is 6.69. The van der Waals surface area contributed by atoms with Crippen LogP contribution < -0.4 is 0 Å². The van der Waals surface area contributed by atoms with Crippen molar-refractivity contribution in [2.75, 3.05) is 191 Å². The van der Waals surface area contributed by atoms with Gasteiger partial charge in [-0.25, -0.2) is 0 Å². The molecule has 0 saturated heterocycles. The van der Waals surface area contributed by atoms with Gasteiger partial charge in [-0.05, 0) is 19.4 Å². The van der Waals surface area contributed by atoms with E-state index >= 15 is 0 Å². The minimum Gasteiger partial charge on any atom is -0.394 e. The molecular formula is C49H101NO14. The van der Waals surface area contributed by atoms with Gasteiger partial charge in [0.25, 0.3) is 0 Å². The first-order valence-corrected chi connectivity index (χ1v) is 25.7. The Hall–Kier alpha value is -0.600. The van der Waals surface area contributed by atoms with E-state index < -0.39 is 0 Å². The first-order chi connectivity index (χ1) is 31.8. The van der Waals surface area contributed by atoms with Gasteiger partial charge in [0, 0.05) is 19.7 Å². The van der Waals surface area contributed by atoms with Crippen LogP contribution in [-0.2, 0) is 56.8 Å². The summed E-state index contributed by atoms with van der Waals surface area (Å²) in [4.78, 5) is 2.52. The van der Waals surface area contributed by atoms with Crippen molar-refractivity contribution in [1.29, 1.82) is 0 Å². The largest absolute Gasteiger partial charge is 0.394 e. The van der Waals surface area contributed by atoms with Crippen molar-refractivity contribution >= 4 is 0 Å². The molecule has 0 heterocycles. The summed E-state index contributed by atoms with van der Waals surface area (Å²) in [5.74, 6) is 0. The first-order valence-electron chi connectivity index (χ1n) is 25.7. The number of ether oxygens (including phenoxy) is 12. The highest BCUT2D eigenvalue weighted by atomic mass is 16.6. The van der Waals surface area contributed by atoms with Crippen LogP contribution in [0.2, 0.25) is 0 Å². The lowest BCUT2D eigenvalue weighted by Crippen LogP contribution is -2.31. The van der Waals surface area contributed by atoms with Gasteiger partial charge in [0.15, 0.2) is 0 Å². The standard InChI is InChI=1S/C49H101NO14/c1-2-3-4-5-6-7-8-9-10-11-12-13-14-15-16-17-18-19-21-50(23-27-54-31-35-58-39-43-62-47-49-64-45-41-60-37-33-56-29-25-52)22-20-26-53-30-34-57-38-42-61-46-48-63-44-40-59-36-32-55-28-24-51/h51-52H,2-49H2,1H3. The molecule has 0 radical (unpaired) electrons. The maximum Gasteiger partial charge on any atom is 0.0701 e. The summed E-state index contributed by atoms with van der Waals surface area (Å²) in [6, 6.07) is 0. The van der Waals surface area contributed by atoms with Crippen LogP contribution in [-0.4, -0.2) is 207 Å². The third-order valence-corrected chi connectivity index (χ3v) is 10.3. The summed E-state index contributed by atoms with van der Waals surface area (Å²) in [6.45, 7) is 17.8. The molecule has 0 unspecified atom stereocenters.